The molecule has 2 aromatic carbocycles. The van der Waals surface area contributed by atoms with Crippen LogP contribution in [0.4, 0.5) is 10.7 Å². The number of benzene rings is 2. The average molecular weight is 360 g/mol. The molecule has 0 fully saturated rings. The van der Waals surface area contributed by atoms with Crippen LogP contribution in [-0.2, 0) is 4.74 Å². The maximum Gasteiger partial charge on any atom is 0.414 e. The van der Waals surface area contributed by atoms with Crippen molar-refractivity contribution in [2.45, 2.75) is 13.0 Å². The van der Waals surface area contributed by atoms with Crippen LogP contribution in [0.25, 0.3) is 11.0 Å². The van der Waals surface area contributed by atoms with Gasteiger partial charge < -0.3 is 9.15 Å². The number of fused-ring (bicyclic) bond motifs is 1. The molecule has 5 heteroatoms. The molecule has 0 aliphatic rings. The zero-order chi connectivity index (χ0) is 15.5. The number of para-hydroxylation sites is 1. The minimum Gasteiger partial charge on any atom is -0.441 e. The Morgan fingerprint density at radius 3 is 2.55 bits per heavy atom. The van der Waals surface area contributed by atoms with Crippen molar-refractivity contribution in [2.24, 2.45) is 0 Å². The van der Waals surface area contributed by atoms with E-state index in [4.69, 9.17) is 9.15 Å². The Morgan fingerprint density at radius 1 is 1.14 bits per heavy atom. The van der Waals surface area contributed by atoms with Gasteiger partial charge in [0.2, 0.25) is 5.88 Å². The highest BCUT2D eigenvalue weighted by molar-refractivity contribution is 9.10. The Kier molecular flexibility index (Phi) is 4.15. The topological polar surface area (TPSA) is 51.5 Å². The Hall–Kier alpha value is -2.27. The number of furan rings is 1. The molecular formula is C17H14BrNO3. The lowest BCUT2D eigenvalue weighted by atomic mass is 10.1. The van der Waals surface area contributed by atoms with Crippen molar-refractivity contribution < 1.29 is 13.9 Å². The maximum absolute atomic E-state index is 12.0. The number of amides is 1. The monoisotopic (exact) mass is 359 g/mol. The van der Waals surface area contributed by atoms with Crippen LogP contribution in [-0.4, -0.2) is 6.09 Å². The van der Waals surface area contributed by atoms with Crippen LogP contribution in [0.5, 0.6) is 0 Å². The fourth-order valence-electron chi connectivity index (χ4n) is 2.17. The van der Waals surface area contributed by atoms with E-state index in [1.165, 1.54) is 0 Å². The van der Waals surface area contributed by atoms with Gasteiger partial charge in [-0.25, -0.2) is 4.79 Å². The van der Waals surface area contributed by atoms with E-state index in [0.717, 1.165) is 10.9 Å². The highest BCUT2D eigenvalue weighted by Gasteiger charge is 2.17. The Bertz CT molecular complexity index is 798. The smallest absolute Gasteiger partial charge is 0.414 e. The summed E-state index contributed by atoms with van der Waals surface area (Å²) >= 11 is 3.43. The molecule has 0 spiro atoms. The lowest BCUT2D eigenvalue weighted by Crippen LogP contribution is -2.15. The molecule has 3 rings (SSSR count). The SMILES string of the molecule is CC(OC(=O)Nc1oc2ccccc2c1Br)c1ccccc1. The molecule has 3 aromatic rings. The second-order valence-electron chi connectivity index (χ2n) is 4.82. The fraction of sp³-hybridized carbons (Fsp3) is 0.118. The molecule has 0 aliphatic heterocycles. The first-order valence-electron chi connectivity index (χ1n) is 6.85. The summed E-state index contributed by atoms with van der Waals surface area (Å²) in [5.41, 5.74) is 1.63. The van der Waals surface area contributed by atoms with Gasteiger partial charge in [-0.3, -0.25) is 5.32 Å². The molecular weight excluding hydrogens is 346 g/mol. The molecule has 0 saturated heterocycles. The van der Waals surface area contributed by atoms with Gasteiger partial charge >= 0.3 is 6.09 Å². The number of rotatable bonds is 3. The molecule has 0 bridgehead atoms. The van der Waals surface area contributed by atoms with Gasteiger partial charge in [0.15, 0.2) is 0 Å². The van der Waals surface area contributed by atoms with Crippen LogP contribution in [0.3, 0.4) is 0 Å². The van der Waals surface area contributed by atoms with Crippen molar-refractivity contribution in [1.82, 2.24) is 0 Å². The minimum absolute atomic E-state index is 0.339. The average Bonchev–Trinajstić information content (AvgIpc) is 2.84. The third-order valence-electron chi connectivity index (χ3n) is 3.30. The van der Waals surface area contributed by atoms with Gasteiger partial charge in [0, 0.05) is 5.39 Å². The quantitative estimate of drug-likeness (QED) is 0.671. The van der Waals surface area contributed by atoms with Crippen molar-refractivity contribution in [3.8, 4) is 0 Å². The zero-order valence-corrected chi connectivity index (χ0v) is 13.5. The largest absolute Gasteiger partial charge is 0.441 e. The second-order valence-corrected chi connectivity index (χ2v) is 5.62. The molecule has 112 valence electrons. The maximum atomic E-state index is 12.0. The number of halogens is 1. The van der Waals surface area contributed by atoms with Crippen LogP contribution in [0, 0.1) is 0 Å². The number of anilines is 1. The second kappa shape index (κ2) is 6.23. The number of carbonyl (C=O) groups excluding carboxylic acids is 1. The van der Waals surface area contributed by atoms with Crippen LogP contribution in [0.15, 0.2) is 63.5 Å². The normalized spacial score (nSPS) is 12.1. The predicted octanol–water partition coefficient (Wildman–Crippen LogP) is 5.51. The standard InChI is InChI=1S/C17H14BrNO3/c1-11(12-7-3-2-4-8-12)21-17(20)19-16-15(18)13-9-5-6-10-14(13)22-16/h2-11H,1H3,(H,19,20). The summed E-state index contributed by atoms with van der Waals surface area (Å²) in [7, 11) is 0. The van der Waals surface area contributed by atoms with Gasteiger partial charge in [0.05, 0.1) is 4.47 Å². The van der Waals surface area contributed by atoms with Crippen molar-refractivity contribution in [2.75, 3.05) is 5.32 Å². The summed E-state index contributed by atoms with van der Waals surface area (Å²) < 4.78 is 11.7. The van der Waals surface area contributed by atoms with Crippen molar-refractivity contribution >= 4 is 38.9 Å². The highest BCUT2D eigenvalue weighted by Crippen LogP contribution is 2.34. The number of ether oxygens (including phenoxy) is 1. The number of carbonyl (C=O) groups is 1. The van der Waals surface area contributed by atoms with Gasteiger partial charge in [-0.05, 0) is 40.5 Å². The van der Waals surface area contributed by atoms with Gasteiger partial charge in [0.25, 0.3) is 0 Å². The van der Waals surface area contributed by atoms with E-state index in [1.807, 2.05) is 61.5 Å². The van der Waals surface area contributed by atoms with E-state index in [9.17, 15) is 4.79 Å². The van der Waals surface area contributed by atoms with E-state index in [1.54, 1.807) is 0 Å². The Labute approximate surface area is 136 Å². The summed E-state index contributed by atoms with van der Waals surface area (Å²) in [6.45, 7) is 1.82. The van der Waals surface area contributed by atoms with E-state index in [-0.39, 0.29) is 6.10 Å². The van der Waals surface area contributed by atoms with E-state index >= 15 is 0 Å². The highest BCUT2D eigenvalue weighted by atomic mass is 79.9. The first kappa shape index (κ1) is 14.7. The van der Waals surface area contributed by atoms with Crippen LogP contribution < -0.4 is 5.32 Å². The first-order valence-corrected chi connectivity index (χ1v) is 7.64. The van der Waals surface area contributed by atoms with Gasteiger partial charge in [0.1, 0.15) is 11.7 Å². The van der Waals surface area contributed by atoms with Crippen LogP contribution in [0.1, 0.15) is 18.6 Å². The number of hydrogen-bond acceptors (Lipinski definition) is 3. The summed E-state index contributed by atoms with van der Waals surface area (Å²) in [4.78, 5) is 12.0. The Balaban J connectivity index is 1.72. The van der Waals surface area contributed by atoms with Crippen LogP contribution in [0.2, 0.25) is 0 Å². The molecule has 1 unspecified atom stereocenters. The number of nitrogens with one attached hydrogen (secondary N) is 1. The molecule has 22 heavy (non-hydrogen) atoms. The molecule has 1 aromatic heterocycles. The third-order valence-corrected chi connectivity index (χ3v) is 4.09. The summed E-state index contributed by atoms with van der Waals surface area (Å²) in [5, 5.41) is 3.52. The van der Waals surface area contributed by atoms with Crippen molar-refractivity contribution in [3.05, 3.63) is 64.6 Å². The third kappa shape index (κ3) is 2.99. The van der Waals surface area contributed by atoms with Crippen LogP contribution >= 0.6 is 15.9 Å². The first-order chi connectivity index (χ1) is 10.6. The van der Waals surface area contributed by atoms with Crippen molar-refractivity contribution in [3.63, 3.8) is 0 Å². The lowest BCUT2D eigenvalue weighted by molar-refractivity contribution is 0.120. The zero-order valence-electron chi connectivity index (χ0n) is 11.9. The molecule has 0 radical (unpaired) electrons. The van der Waals surface area contributed by atoms with Gasteiger partial charge in [-0.1, -0.05) is 42.5 Å². The summed E-state index contributed by atoms with van der Waals surface area (Å²) in [6.07, 6.45) is -0.902. The predicted molar refractivity (Wildman–Crippen MR) is 88.9 cm³/mol. The van der Waals surface area contributed by atoms with Gasteiger partial charge in [-0.15, -0.1) is 0 Å². The molecule has 0 saturated carbocycles. The van der Waals surface area contributed by atoms with Gasteiger partial charge in [-0.2, -0.15) is 0 Å². The molecule has 1 atom stereocenters. The van der Waals surface area contributed by atoms with Crippen molar-refractivity contribution in [1.29, 1.82) is 0 Å². The molecule has 1 heterocycles. The molecule has 4 nitrogen and oxygen atoms in total. The Morgan fingerprint density at radius 2 is 1.82 bits per heavy atom. The lowest BCUT2D eigenvalue weighted by Gasteiger charge is -2.13. The van der Waals surface area contributed by atoms with E-state index < -0.39 is 6.09 Å². The van der Waals surface area contributed by atoms with E-state index in [0.29, 0.717) is 15.9 Å². The summed E-state index contributed by atoms with van der Waals surface area (Å²) in [6, 6.07) is 17.1. The number of hydrogen-bond donors (Lipinski definition) is 1. The molecule has 0 aliphatic carbocycles. The van der Waals surface area contributed by atoms with E-state index in [2.05, 4.69) is 21.2 Å². The minimum atomic E-state index is -0.559. The molecule has 1 amide bonds. The summed E-state index contributed by atoms with van der Waals surface area (Å²) in [5.74, 6) is 0.339. The molecule has 1 N–H and O–H groups in total. The fourth-order valence-corrected chi connectivity index (χ4v) is 2.68.